The summed E-state index contributed by atoms with van der Waals surface area (Å²) in [6, 6.07) is 0. The van der Waals surface area contributed by atoms with E-state index in [2.05, 4.69) is 5.32 Å². The molecule has 0 radical (unpaired) electrons. The Kier molecular flexibility index (Phi) is 3.55. The zero-order valence-electron chi connectivity index (χ0n) is 7.12. The minimum Gasteiger partial charge on any atom is -0.355 e. The lowest BCUT2D eigenvalue weighted by molar-refractivity contribution is -0.118. The Hall–Kier alpha value is -0.290. The first-order valence-corrected chi connectivity index (χ1v) is 6.42. The molecule has 0 aromatic carbocycles. The number of halogens is 1. The third-order valence-corrected chi connectivity index (χ3v) is 4.12. The minimum absolute atomic E-state index is 0.0668. The lowest BCUT2D eigenvalue weighted by Crippen LogP contribution is -2.30. The molecule has 0 saturated carbocycles. The van der Waals surface area contributed by atoms with E-state index in [4.69, 9.17) is 11.6 Å². The summed E-state index contributed by atoms with van der Waals surface area (Å²) in [4.78, 5) is 10.7. The maximum Gasteiger partial charge on any atom is 0.234 e. The molecular weight excluding hydrogens is 214 g/mol. The van der Waals surface area contributed by atoms with Crippen LogP contribution in [0.4, 0.5) is 0 Å². The first-order valence-electron chi connectivity index (χ1n) is 4.06. The maximum atomic E-state index is 11.0. The van der Waals surface area contributed by atoms with Crippen LogP contribution in [0.15, 0.2) is 0 Å². The number of hydrogen-bond acceptors (Lipinski definition) is 3. The Morgan fingerprint density at radius 3 is 2.69 bits per heavy atom. The van der Waals surface area contributed by atoms with Crippen molar-refractivity contribution in [3.05, 3.63) is 0 Å². The smallest absolute Gasteiger partial charge is 0.234 e. The lowest BCUT2D eigenvalue weighted by atomic mass is 10.1. The van der Waals surface area contributed by atoms with Crippen LogP contribution in [0.25, 0.3) is 0 Å². The van der Waals surface area contributed by atoms with Gasteiger partial charge in [-0.05, 0) is 12.3 Å². The summed E-state index contributed by atoms with van der Waals surface area (Å²) in [5.74, 6) is 0.187. The summed E-state index contributed by atoms with van der Waals surface area (Å²) < 4.78 is 22.0. The largest absolute Gasteiger partial charge is 0.355 e. The molecule has 0 spiro atoms. The molecule has 0 aliphatic carbocycles. The molecule has 13 heavy (non-hydrogen) atoms. The average molecular weight is 226 g/mol. The molecule has 1 aliphatic heterocycles. The van der Waals surface area contributed by atoms with Crippen LogP contribution in [0.5, 0.6) is 0 Å². The topological polar surface area (TPSA) is 63.2 Å². The molecule has 1 heterocycles. The van der Waals surface area contributed by atoms with E-state index < -0.39 is 9.84 Å². The highest BCUT2D eigenvalue weighted by molar-refractivity contribution is 7.91. The van der Waals surface area contributed by atoms with E-state index in [-0.39, 0.29) is 29.2 Å². The normalized spacial score (nSPS) is 25.8. The van der Waals surface area contributed by atoms with Gasteiger partial charge in [0.15, 0.2) is 9.84 Å². The highest BCUT2D eigenvalue weighted by Crippen LogP contribution is 2.17. The summed E-state index contributed by atoms with van der Waals surface area (Å²) in [7, 11) is -2.83. The molecule has 1 aliphatic rings. The molecule has 1 saturated heterocycles. The third-order valence-electron chi connectivity index (χ3n) is 2.04. The zero-order valence-corrected chi connectivity index (χ0v) is 8.70. The molecule has 1 fully saturated rings. The van der Waals surface area contributed by atoms with Crippen molar-refractivity contribution in [3.8, 4) is 0 Å². The van der Waals surface area contributed by atoms with Crippen LogP contribution in [-0.4, -0.2) is 38.3 Å². The first kappa shape index (κ1) is 10.8. The van der Waals surface area contributed by atoms with Crippen LogP contribution in [0.1, 0.15) is 6.42 Å². The Balaban J connectivity index is 2.29. The van der Waals surface area contributed by atoms with Gasteiger partial charge in [0.05, 0.1) is 11.5 Å². The standard InChI is InChI=1S/C7H12ClNO3S/c8-3-7(10)9-4-6-1-2-13(11,12)5-6/h6H,1-5H2,(H,9,10)/t6-/m0/s1. The van der Waals surface area contributed by atoms with Gasteiger partial charge in [-0.1, -0.05) is 0 Å². The average Bonchev–Trinajstić information content (AvgIpc) is 2.41. The second-order valence-electron chi connectivity index (χ2n) is 3.21. The summed E-state index contributed by atoms with van der Waals surface area (Å²) >= 11 is 5.26. The molecule has 6 heteroatoms. The number of amides is 1. The molecule has 4 nitrogen and oxygen atoms in total. The van der Waals surface area contributed by atoms with Gasteiger partial charge in [0, 0.05) is 6.54 Å². The number of hydrogen-bond donors (Lipinski definition) is 1. The van der Waals surface area contributed by atoms with Gasteiger partial charge in [0.2, 0.25) is 5.91 Å². The van der Waals surface area contributed by atoms with Crippen LogP contribution < -0.4 is 5.32 Å². The number of carbonyl (C=O) groups is 1. The number of alkyl halides is 1. The van der Waals surface area contributed by atoms with Gasteiger partial charge in [-0.25, -0.2) is 8.42 Å². The predicted molar refractivity (Wildman–Crippen MR) is 50.5 cm³/mol. The highest BCUT2D eigenvalue weighted by atomic mass is 35.5. The molecular formula is C7H12ClNO3S. The molecule has 1 amide bonds. The third kappa shape index (κ3) is 3.52. The summed E-state index contributed by atoms with van der Waals surface area (Å²) in [5.41, 5.74) is 0. The van der Waals surface area contributed by atoms with Crippen LogP contribution in [0, 0.1) is 5.92 Å². The number of sulfone groups is 1. The van der Waals surface area contributed by atoms with Gasteiger partial charge in [-0.15, -0.1) is 11.6 Å². The van der Waals surface area contributed by atoms with Crippen molar-refractivity contribution in [1.29, 1.82) is 0 Å². The van der Waals surface area contributed by atoms with Crippen molar-refractivity contribution in [3.63, 3.8) is 0 Å². The minimum atomic E-state index is -2.83. The van der Waals surface area contributed by atoms with Gasteiger partial charge < -0.3 is 5.32 Å². The van der Waals surface area contributed by atoms with Crippen LogP contribution in [0.2, 0.25) is 0 Å². The quantitative estimate of drug-likeness (QED) is 0.676. The highest BCUT2D eigenvalue weighted by Gasteiger charge is 2.27. The molecule has 0 aromatic heterocycles. The monoisotopic (exact) mass is 225 g/mol. The molecule has 0 unspecified atom stereocenters. The van der Waals surface area contributed by atoms with Crippen molar-refractivity contribution in [2.24, 2.45) is 5.92 Å². The molecule has 76 valence electrons. The fourth-order valence-electron chi connectivity index (χ4n) is 1.34. The van der Waals surface area contributed by atoms with Crippen molar-refractivity contribution in [2.45, 2.75) is 6.42 Å². The van der Waals surface area contributed by atoms with Crippen molar-refractivity contribution in [2.75, 3.05) is 23.9 Å². The van der Waals surface area contributed by atoms with E-state index >= 15 is 0 Å². The summed E-state index contributed by atoms with van der Waals surface area (Å²) in [6.07, 6.45) is 0.644. The van der Waals surface area contributed by atoms with Crippen LogP contribution in [-0.2, 0) is 14.6 Å². The fourth-order valence-corrected chi connectivity index (χ4v) is 3.29. The van der Waals surface area contributed by atoms with Crippen molar-refractivity contribution < 1.29 is 13.2 Å². The summed E-state index contributed by atoms with van der Waals surface area (Å²) in [6.45, 7) is 0.421. The van der Waals surface area contributed by atoms with E-state index in [9.17, 15) is 13.2 Å². The second-order valence-corrected chi connectivity index (χ2v) is 5.70. The van der Waals surface area contributed by atoms with Crippen molar-refractivity contribution in [1.82, 2.24) is 5.32 Å². The molecule has 0 aromatic rings. The van der Waals surface area contributed by atoms with E-state index in [1.165, 1.54) is 0 Å². The molecule has 1 rings (SSSR count). The second kappa shape index (κ2) is 4.28. The van der Waals surface area contributed by atoms with E-state index in [1.54, 1.807) is 0 Å². The Labute approximate surface area is 82.6 Å². The zero-order chi connectivity index (χ0) is 9.90. The predicted octanol–water partition coefficient (Wildman–Crippen LogP) is -0.224. The molecule has 1 atom stereocenters. The van der Waals surface area contributed by atoms with Gasteiger partial charge in [-0.2, -0.15) is 0 Å². The van der Waals surface area contributed by atoms with E-state index in [1.807, 2.05) is 0 Å². The van der Waals surface area contributed by atoms with E-state index in [0.29, 0.717) is 13.0 Å². The maximum absolute atomic E-state index is 11.0. The summed E-state index contributed by atoms with van der Waals surface area (Å²) in [5, 5.41) is 2.58. The number of nitrogens with one attached hydrogen (secondary N) is 1. The number of rotatable bonds is 3. The Morgan fingerprint density at radius 1 is 1.54 bits per heavy atom. The Morgan fingerprint density at radius 2 is 2.23 bits per heavy atom. The van der Waals surface area contributed by atoms with Crippen LogP contribution in [0.3, 0.4) is 0 Å². The Bertz CT molecular complexity index is 288. The molecule has 0 bridgehead atoms. The van der Waals surface area contributed by atoms with Gasteiger partial charge in [0.25, 0.3) is 0 Å². The SMILES string of the molecule is O=C(CCl)NC[C@@H]1CCS(=O)(=O)C1. The van der Waals surface area contributed by atoms with Crippen LogP contribution >= 0.6 is 11.6 Å². The fraction of sp³-hybridized carbons (Fsp3) is 0.857. The molecule has 1 N–H and O–H groups in total. The lowest BCUT2D eigenvalue weighted by Gasteiger charge is -2.07. The van der Waals surface area contributed by atoms with Gasteiger partial charge >= 0.3 is 0 Å². The number of carbonyl (C=O) groups excluding carboxylic acids is 1. The van der Waals surface area contributed by atoms with Gasteiger partial charge in [0.1, 0.15) is 5.88 Å². The van der Waals surface area contributed by atoms with E-state index in [0.717, 1.165) is 0 Å². The first-order chi connectivity index (χ1) is 6.03. The van der Waals surface area contributed by atoms with Crippen molar-refractivity contribution >= 4 is 27.3 Å². The van der Waals surface area contributed by atoms with Gasteiger partial charge in [-0.3, -0.25) is 4.79 Å².